The maximum atomic E-state index is 13.1. The van der Waals surface area contributed by atoms with E-state index >= 15 is 0 Å². The topological polar surface area (TPSA) is 142 Å². The number of ketones is 1. The number of amides is 1. The molecule has 0 bridgehead atoms. The van der Waals surface area contributed by atoms with Crippen molar-refractivity contribution in [3.8, 4) is 0 Å². The van der Waals surface area contributed by atoms with Crippen LogP contribution in [0.1, 0.15) is 114 Å². The van der Waals surface area contributed by atoms with Crippen LogP contribution in [0.5, 0.6) is 0 Å². The summed E-state index contributed by atoms with van der Waals surface area (Å²) in [6.45, 7) is 19.6. The lowest BCUT2D eigenvalue weighted by atomic mass is 9.86. The zero-order valence-electron chi connectivity index (χ0n) is 28.1. The summed E-state index contributed by atoms with van der Waals surface area (Å²) in [5.74, 6) is -1.39. The number of thioether (sulfide) groups is 2. The molecule has 43 heavy (non-hydrogen) atoms. The number of hydrogen-bond donors (Lipinski definition) is 4. The van der Waals surface area contributed by atoms with Crippen LogP contribution in [0.2, 0.25) is 0 Å². The maximum absolute atomic E-state index is 13.1. The van der Waals surface area contributed by atoms with Crippen molar-refractivity contribution in [1.29, 1.82) is 0 Å². The number of rotatable bonds is 21. The van der Waals surface area contributed by atoms with Gasteiger partial charge in [-0.25, -0.2) is 4.79 Å². The van der Waals surface area contributed by atoms with Crippen molar-refractivity contribution >= 4 is 47.2 Å². The molecule has 1 aliphatic carbocycles. The number of carboxylic acid groups (broad SMARTS) is 2. The lowest BCUT2D eigenvalue weighted by Gasteiger charge is -2.38. The number of ether oxygens (including phenoxy) is 1. The molecule has 0 heterocycles. The van der Waals surface area contributed by atoms with E-state index in [0.29, 0.717) is 31.6 Å². The van der Waals surface area contributed by atoms with Crippen LogP contribution >= 0.6 is 23.5 Å². The molecule has 0 aromatic heterocycles. The molecular weight excluding hydrogens is 588 g/mol. The highest BCUT2D eigenvalue weighted by Crippen LogP contribution is 2.41. The number of Topliss-reactive ketones (excluding diaryl/α,β-unsaturated/α-hetero) is 1. The SMILES string of the molecule is CCC(C)(CC)NC(CSC1CCC1SCC(NC(=O)C(C)(C)CCOC(C)(C)CCC(=O)C(C)(C)C)C(=O)O)C(=O)O. The largest absolute Gasteiger partial charge is 0.480 e. The van der Waals surface area contributed by atoms with Gasteiger partial charge in [-0.3, -0.25) is 19.7 Å². The highest BCUT2D eigenvalue weighted by Gasteiger charge is 2.37. The van der Waals surface area contributed by atoms with Crippen LogP contribution in [0.15, 0.2) is 0 Å². The molecular formula is C32H58N2O7S2. The molecule has 0 saturated heterocycles. The molecule has 11 heteroatoms. The molecule has 250 valence electrons. The summed E-state index contributed by atoms with van der Waals surface area (Å²) in [6, 6.07) is -1.66. The molecule has 1 saturated carbocycles. The van der Waals surface area contributed by atoms with Gasteiger partial charge >= 0.3 is 11.9 Å². The van der Waals surface area contributed by atoms with Gasteiger partial charge < -0.3 is 20.3 Å². The number of hydrogen-bond acceptors (Lipinski definition) is 8. The van der Waals surface area contributed by atoms with Gasteiger partial charge in [0.15, 0.2) is 0 Å². The minimum absolute atomic E-state index is 0.182. The fourth-order valence-electron chi connectivity index (χ4n) is 4.40. The van der Waals surface area contributed by atoms with Gasteiger partial charge in [0.1, 0.15) is 17.9 Å². The maximum Gasteiger partial charge on any atom is 0.327 e. The summed E-state index contributed by atoms with van der Waals surface area (Å²) in [5, 5.41) is 26.1. The quantitative estimate of drug-likeness (QED) is 0.121. The average molecular weight is 647 g/mol. The molecule has 4 atom stereocenters. The third-order valence-corrected chi connectivity index (χ3v) is 11.9. The van der Waals surface area contributed by atoms with Crippen LogP contribution in [0, 0.1) is 10.8 Å². The summed E-state index contributed by atoms with van der Waals surface area (Å²) in [4.78, 5) is 49.3. The Morgan fingerprint density at radius 2 is 1.30 bits per heavy atom. The second-order valence-electron chi connectivity index (χ2n) is 14.4. The predicted molar refractivity (Wildman–Crippen MR) is 177 cm³/mol. The molecule has 4 unspecified atom stereocenters. The van der Waals surface area contributed by atoms with Crippen LogP contribution in [0.3, 0.4) is 0 Å². The third kappa shape index (κ3) is 13.7. The zero-order valence-corrected chi connectivity index (χ0v) is 29.8. The van der Waals surface area contributed by atoms with E-state index in [0.717, 1.165) is 25.7 Å². The van der Waals surface area contributed by atoms with Gasteiger partial charge in [0.05, 0.1) is 5.60 Å². The molecule has 9 nitrogen and oxygen atoms in total. The summed E-state index contributed by atoms with van der Waals surface area (Å²) < 4.78 is 6.04. The molecule has 1 amide bonds. The van der Waals surface area contributed by atoms with Gasteiger partial charge in [-0.05, 0) is 59.3 Å². The highest BCUT2D eigenvalue weighted by atomic mass is 32.2. The van der Waals surface area contributed by atoms with Crippen LogP contribution in [0.25, 0.3) is 0 Å². The van der Waals surface area contributed by atoms with Gasteiger partial charge in [-0.1, -0.05) is 48.5 Å². The first-order chi connectivity index (χ1) is 19.7. The van der Waals surface area contributed by atoms with Crippen molar-refractivity contribution in [1.82, 2.24) is 10.6 Å². The summed E-state index contributed by atoms with van der Waals surface area (Å²) in [6.07, 6.45) is 4.99. The van der Waals surface area contributed by atoms with Gasteiger partial charge in [0.25, 0.3) is 0 Å². The van der Waals surface area contributed by atoms with Crippen molar-refractivity contribution in [2.24, 2.45) is 10.8 Å². The molecule has 0 spiro atoms. The van der Waals surface area contributed by atoms with Gasteiger partial charge in [-0.15, -0.1) is 0 Å². The Morgan fingerprint density at radius 3 is 1.72 bits per heavy atom. The smallest absolute Gasteiger partial charge is 0.327 e. The molecule has 1 rings (SSSR count). The van der Waals surface area contributed by atoms with Gasteiger partial charge in [0, 0.05) is 51.4 Å². The van der Waals surface area contributed by atoms with E-state index in [1.54, 1.807) is 25.6 Å². The lowest BCUT2D eigenvalue weighted by Crippen LogP contribution is -2.52. The lowest BCUT2D eigenvalue weighted by molar-refractivity contribution is -0.143. The molecule has 0 aliphatic heterocycles. The Kier molecular flexibility index (Phi) is 15.6. The molecule has 0 aromatic carbocycles. The van der Waals surface area contributed by atoms with Crippen LogP contribution < -0.4 is 10.6 Å². The Hall–Kier alpha value is -1.30. The van der Waals surface area contributed by atoms with E-state index < -0.39 is 35.0 Å². The van der Waals surface area contributed by atoms with Crippen molar-refractivity contribution < 1.29 is 34.1 Å². The minimum Gasteiger partial charge on any atom is -0.480 e. The number of aliphatic carboxylic acids is 2. The van der Waals surface area contributed by atoms with E-state index in [2.05, 4.69) is 24.5 Å². The molecule has 0 aromatic rings. The van der Waals surface area contributed by atoms with Crippen LogP contribution in [0.4, 0.5) is 0 Å². The zero-order chi connectivity index (χ0) is 33.2. The van der Waals surface area contributed by atoms with E-state index in [1.807, 2.05) is 41.5 Å². The summed E-state index contributed by atoms with van der Waals surface area (Å²) in [5.41, 5.74) is -1.97. The Balaban J connectivity index is 2.59. The van der Waals surface area contributed by atoms with E-state index in [9.17, 15) is 29.4 Å². The first-order valence-electron chi connectivity index (χ1n) is 15.6. The van der Waals surface area contributed by atoms with E-state index in [-0.39, 0.29) is 38.9 Å². The number of carboxylic acids is 2. The second kappa shape index (κ2) is 16.9. The van der Waals surface area contributed by atoms with Gasteiger partial charge in [-0.2, -0.15) is 23.5 Å². The van der Waals surface area contributed by atoms with Crippen molar-refractivity contribution in [2.45, 2.75) is 148 Å². The third-order valence-electron chi connectivity index (χ3n) is 8.71. The van der Waals surface area contributed by atoms with E-state index in [1.165, 1.54) is 11.8 Å². The Labute approximate surface area is 268 Å². The second-order valence-corrected chi connectivity index (χ2v) is 16.9. The Morgan fingerprint density at radius 1 is 0.814 bits per heavy atom. The first kappa shape index (κ1) is 39.7. The highest BCUT2D eigenvalue weighted by molar-refractivity contribution is 8.04. The Bertz CT molecular complexity index is 944. The standard InChI is InChI=1S/C32H58N2O7S2/c1-11-32(10,12-2)34-22(27(38)39)20-43-24-14-13-23(24)42-19-21(26(36)37)33-28(40)30(6,7)17-18-41-31(8,9)16-15-25(35)29(3,4)5/h21-24,34H,11-20H2,1-10H3,(H,33,40)(H,36,37)(H,38,39). The predicted octanol–water partition coefficient (Wildman–Crippen LogP) is 5.78. The first-order valence-corrected chi connectivity index (χ1v) is 17.7. The number of carbonyl (C=O) groups is 4. The normalized spacial score (nSPS) is 19.3. The average Bonchev–Trinajstić information content (AvgIpc) is 2.88. The fourth-order valence-corrected chi connectivity index (χ4v) is 7.50. The summed E-state index contributed by atoms with van der Waals surface area (Å²) >= 11 is 3.17. The van der Waals surface area contributed by atoms with Crippen molar-refractivity contribution in [3.63, 3.8) is 0 Å². The number of nitrogens with one attached hydrogen (secondary N) is 2. The van der Waals surface area contributed by atoms with Crippen molar-refractivity contribution in [3.05, 3.63) is 0 Å². The van der Waals surface area contributed by atoms with Crippen LogP contribution in [-0.4, -0.2) is 85.7 Å². The summed E-state index contributed by atoms with van der Waals surface area (Å²) in [7, 11) is 0. The monoisotopic (exact) mass is 646 g/mol. The fraction of sp³-hybridized carbons (Fsp3) is 0.875. The van der Waals surface area contributed by atoms with Crippen molar-refractivity contribution in [2.75, 3.05) is 18.1 Å². The van der Waals surface area contributed by atoms with E-state index in [4.69, 9.17) is 4.74 Å². The minimum atomic E-state index is -1.07. The number of carbonyl (C=O) groups excluding carboxylic acids is 2. The molecule has 0 radical (unpaired) electrons. The van der Waals surface area contributed by atoms with Gasteiger partial charge in [0.2, 0.25) is 5.91 Å². The molecule has 1 fully saturated rings. The van der Waals surface area contributed by atoms with Crippen LogP contribution in [-0.2, 0) is 23.9 Å². The molecule has 1 aliphatic rings. The molecule has 4 N–H and O–H groups in total.